The summed E-state index contributed by atoms with van der Waals surface area (Å²) in [4.78, 5) is 26.0. The van der Waals surface area contributed by atoms with Crippen LogP contribution in [0.15, 0.2) is 52.3 Å². The molecule has 1 aliphatic heterocycles. The van der Waals surface area contributed by atoms with E-state index >= 15 is 0 Å². The quantitative estimate of drug-likeness (QED) is 0.670. The Labute approximate surface area is 135 Å². The Morgan fingerprint density at radius 2 is 1.62 bits per heavy atom. The second kappa shape index (κ2) is 3.92. The largest absolute Gasteiger partial charge is 0.352 e. The van der Waals surface area contributed by atoms with Crippen LogP contribution in [-0.2, 0) is 0 Å². The van der Waals surface area contributed by atoms with E-state index in [9.17, 15) is 9.59 Å². The van der Waals surface area contributed by atoms with E-state index in [2.05, 4.69) is 10.2 Å². The van der Waals surface area contributed by atoms with Crippen molar-refractivity contribution in [2.24, 2.45) is 0 Å². The Morgan fingerprint density at radius 1 is 0.917 bits per heavy atom. The van der Waals surface area contributed by atoms with Crippen LogP contribution in [0.1, 0.15) is 41.5 Å². The Kier molecular flexibility index (Phi) is 2.04. The fourth-order valence-corrected chi connectivity index (χ4v) is 5.07. The molecule has 1 saturated carbocycles. The highest BCUT2D eigenvalue weighted by Gasteiger charge is 2.60. The first-order valence-electron chi connectivity index (χ1n) is 8.09. The first-order chi connectivity index (χ1) is 11.8. The van der Waals surface area contributed by atoms with Crippen LogP contribution in [-0.4, -0.2) is 24.1 Å². The number of fused-ring (bicyclic) bond motifs is 4. The molecule has 3 aromatic rings. The standard InChI is InChI=1S/C17H13N5O2/c23-16-20(9-4-2-1-3-5-9)17(24)22-15-10-6-13(21(16)22)14(15)12-8-19-18-7-11(10)12/h1-5,7-8,10,13-15H,6H2/t10-,13+,14-,15?/m0/s1. The van der Waals surface area contributed by atoms with Crippen molar-refractivity contribution in [3.8, 4) is 5.69 Å². The molecular formula is C17H13N5O2. The van der Waals surface area contributed by atoms with Crippen molar-refractivity contribution in [3.63, 3.8) is 0 Å². The van der Waals surface area contributed by atoms with Gasteiger partial charge in [-0.15, -0.1) is 0 Å². The molecule has 118 valence electrons. The zero-order valence-electron chi connectivity index (χ0n) is 12.6. The Hall–Kier alpha value is -2.96. The summed E-state index contributed by atoms with van der Waals surface area (Å²) in [6, 6.07) is 9.18. The number of rotatable bonds is 1. The maximum atomic E-state index is 13.0. The predicted octanol–water partition coefficient (Wildman–Crippen LogP) is 0.971. The maximum absolute atomic E-state index is 13.0. The van der Waals surface area contributed by atoms with E-state index < -0.39 is 0 Å². The molecule has 7 nitrogen and oxygen atoms in total. The maximum Gasteiger partial charge on any atom is 0.352 e. The Morgan fingerprint density at radius 3 is 2.42 bits per heavy atom. The molecule has 2 aromatic heterocycles. The van der Waals surface area contributed by atoms with Crippen LogP contribution in [0, 0.1) is 0 Å². The molecule has 0 saturated heterocycles. The molecule has 3 heterocycles. The lowest BCUT2D eigenvalue weighted by molar-refractivity contribution is 0.336. The molecule has 0 amide bonds. The zero-order chi connectivity index (χ0) is 16.0. The summed E-state index contributed by atoms with van der Waals surface area (Å²) < 4.78 is 4.63. The average molecular weight is 319 g/mol. The second-order valence-electron chi connectivity index (χ2n) is 6.75. The molecule has 4 atom stereocenters. The third-order valence-electron chi connectivity index (χ3n) is 5.86. The lowest BCUT2D eigenvalue weighted by atomic mass is 9.91. The molecule has 3 aliphatic rings. The number of hydrogen-bond acceptors (Lipinski definition) is 4. The van der Waals surface area contributed by atoms with Crippen LogP contribution in [0.4, 0.5) is 0 Å². The first-order valence-corrected chi connectivity index (χ1v) is 8.09. The van der Waals surface area contributed by atoms with E-state index in [4.69, 9.17) is 0 Å². The summed E-state index contributed by atoms with van der Waals surface area (Å²) in [6.07, 6.45) is 4.51. The van der Waals surface area contributed by atoms with E-state index in [0.29, 0.717) is 5.69 Å². The van der Waals surface area contributed by atoms with Gasteiger partial charge >= 0.3 is 11.4 Å². The summed E-state index contributed by atoms with van der Waals surface area (Å²) >= 11 is 0. The van der Waals surface area contributed by atoms with Crippen molar-refractivity contribution in [1.82, 2.24) is 24.1 Å². The number of benzene rings is 1. The van der Waals surface area contributed by atoms with Gasteiger partial charge in [0.2, 0.25) is 0 Å². The summed E-state index contributed by atoms with van der Waals surface area (Å²) in [5.41, 5.74) is 2.47. The molecule has 1 fully saturated rings. The van der Waals surface area contributed by atoms with E-state index in [0.717, 1.165) is 12.0 Å². The summed E-state index contributed by atoms with van der Waals surface area (Å²) in [5, 5.41) is 8.00. The summed E-state index contributed by atoms with van der Waals surface area (Å²) in [6.45, 7) is 0. The van der Waals surface area contributed by atoms with Gasteiger partial charge in [0, 0.05) is 11.8 Å². The van der Waals surface area contributed by atoms with Gasteiger partial charge in [0.25, 0.3) is 0 Å². The number of para-hydroxylation sites is 1. The van der Waals surface area contributed by atoms with Gasteiger partial charge < -0.3 is 0 Å². The van der Waals surface area contributed by atoms with Gasteiger partial charge in [-0.05, 0) is 29.7 Å². The summed E-state index contributed by atoms with van der Waals surface area (Å²) in [5.74, 6) is 0.431. The molecule has 1 aromatic carbocycles. The fourth-order valence-electron chi connectivity index (χ4n) is 5.07. The lowest BCUT2D eigenvalue weighted by Gasteiger charge is -2.24. The molecule has 2 aliphatic carbocycles. The van der Waals surface area contributed by atoms with Crippen LogP contribution in [0.5, 0.6) is 0 Å². The minimum atomic E-state index is -0.248. The van der Waals surface area contributed by atoms with Gasteiger partial charge in [-0.1, -0.05) is 18.2 Å². The molecule has 0 radical (unpaired) electrons. The van der Waals surface area contributed by atoms with E-state index in [1.165, 1.54) is 10.1 Å². The van der Waals surface area contributed by atoms with Crippen LogP contribution in [0.3, 0.4) is 0 Å². The molecule has 0 N–H and O–H groups in total. The molecule has 7 heteroatoms. The highest BCUT2D eigenvalue weighted by molar-refractivity contribution is 5.44. The second-order valence-corrected chi connectivity index (χ2v) is 6.75. The lowest BCUT2D eigenvalue weighted by Crippen LogP contribution is -2.31. The highest BCUT2D eigenvalue weighted by Crippen LogP contribution is 2.66. The molecule has 4 bridgehead atoms. The van der Waals surface area contributed by atoms with Gasteiger partial charge in [0.1, 0.15) is 0 Å². The number of aromatic nitrogens is 5. The molecule has 24 heavy (non-hydrogen) atoms. The smallest absolute Gasteiger partial charge is 0.245 e. The first kappa shape index (κ1) is 12.5. The van der Waals surface area contributed by atoms with E-state index in [-0.39, 0.29) is 35.3 Å². The van der Waals surface area contributed by atoms with Crippen molar-refractivity contribution in [2.75, 3.05) is 0 Å². The normalized spacial score (nSPS) is 28.2. The minimum Gasteiger partial charge on any atom is -0.245 e. The minimum absolute atomic E-state index is 0.0150. The fraction of sp³-hybridized carbons (Fsp3) is 0.294. The van der Waals surface area contributed by atoms with Crippen molar-refractivity contribution >= 4 is 0 Å². The zero-order valence-corrected chi connectivity index (χ0v) is 12.6. The van der Waals surface area contributed by atoms with Crippen LogP contribution < -0.4 is 11.4 Å². The monoisotopic (exact) mass is 319 g/mol. The van der Waals surface area contributed by atoms with Crippen LogP contribution in [0.25, 0.3) is 5.69 Å². The van der Waals surface area contributed by atoms with Gasteiger partial charge in [0.05, 0.1) is 30.2 Å². The van der Waals surface area contributed by atoms with Crippen molar-refractivity contribution < 1.29 is 0 Å². The average Bonchev–Trinajstić information content (AvgIpc) is 3.31. The molecule has 6 rings (SSSR count). The third kappa shape index (κ3) is 1.19. The Balaban J connectivity index is 1.61. The molecule has 1 unspecified atom stereocenters. The highest BCUT2D eigenvalue weighted by atomic mass is 16.2. The SMILES string of the molecule is O=c1n(-c2ccccc2)c(=O)n2n1C1[C@H]3c4cnncc4[C@@H]1C[C@H]32. The van der Waals surface area contributed by atoms with Crippen molar-refractivity contribution in [3.05, 3.63) is 74.8 Å². The molecule has 0 spiro atoms. The van der Waals surface area contributed by atoms with Gasteiger partial charge in [-0.25, -0.2) is 23.5 Å². The van der Waals surface area contributed by atoms with Crippen molar-refractivity contribution in [2.45, 2.75) is 30.3 Å². The van der Waals surface area contributed by atoms with Gasteiger partial charge in [0.15, 0.2) is 0 Å². The predicted molar refractivity (Wildman–Crippen MR) is 84.5 cm³/mol. The molecular weight excluding hydrogens is 306 g/mol. The van der Waals surface area contributed by atoms with Crippen molar-refractivity contribution in [1.29, 1.82) is 0 Å². The number of nitrogens with zero attached hydrogens (tertiary/aromatic N) is 5. The number of hydrogen-bond donors (Lipinski definition) is 0. The topological polar surface area (TPSA) is 74.7 Å². The van der Waals surface area contributed by atoms with Crippen LogP contribution in [0.2, 0.25) is 0 Å². The third-order valence-corrected chi connectivity index (χ3v) is 5.86. The van der Waals surface area contributed by atoms with Gasteiger partial charge in [-0.2, -0.15) is 10.2 Å². The summed E-state index contributed by atoms with van der Waals surface area (Å²) in [7, 11) is 0. The Bertz CT molecular complexity index is 1110. The van der Waals surface area contributed by atoms with E-state index in [1.807, 2.05) is 24.4 Å². The van der Waals surface area contributed by atoms with Gasteiger partial charge in [-0.3, -0.25) is 0 Å². The van der Waals surface area contributed by atoms with E-state index in [1.54, 1.807) is 27.7 Å². The van der Waals surface area contributed by atoms with Crippen LogP contribution >= 0.6 is 0 Å².